The summed E-state index contributed by atoms with van der Waals surface area (Å²) in [6, 6.07) is 0. The standard InChI is InChI=1S/C10H11ClFN3O/c11-9-14-5-6(12)7(15-9)10(8(13)16)3-1-2-4-10/h5H,1-4H2,(H2,13,16). The number of aromatic nitrogens is 2. The van der Waals surface area contributed by atoms with Crippen molar-refractivity contribution in [3.8, 4) is 0 Å². The number of halogens is 2. The normalized spacial score (nSPS) is 18.6. The zero-order valence-electron chi connectivity index (χ0n) is 8.54. The molecule has 1 aliphatic carbocycles. The van der Waals surface area contributed by atoms with Crippen LogP contribution in [0.5, 0.6) is 0 Å². The Bertz CT molecular complexity index is 432. The quantitative estimate of drug-likeness (QED) is 0.802. The molecule has 0 radical (unpaired) electrons. The summed E-state index contributed by atoms with van der Waals surface area (Å²) in [7, 11) is 0. The molecular weight excluding hydrogens is 233 g/mol. The molecule has 0 atom stereocenters. The highest BCUT2D eigenvalue weighted by atomic mass is 35.5. The largest absolute Gasteiger partial charge is 0.369 e. The molecule has 0 aliphatic heterocycles. The lowest BCUT2D eigenvalue weighted by molar-refractivity contribution is -0.123. The summed E-state index contributed by atoms with van der Waals surface area (Å²) in [6.45, 7) is 0. The number of primary amides is 1. The summed E-state index contributed by atoms with van der Waals surface area (Å²) in [5, 5.41) is -0.0658. The predicted octanol–water partition coefficient (Wildman–Crippen LogP) is 1.57. The van der Waals surface area contributed by atoms with E-state index in [1.807, 2.05) is 0 Å². The van der Waals surface area contributed by atoms with Crippen LogP contribution in [0.4, 0.5) is 4.39 Å². The van der Waals surface area contributed by atoms with Crippen LogP contribution in [0.3, 0.4) is 0 Å². The van der Waals surface area contributed by atoms with Crippen LogP contribution >= 0.6 is 11.6 Å². The molecule has 1 heterocycles. The minimum absolute atomic E-state index is 0.0394. The molecule has 1 aliphatic rings. The monoisotopic (exact) mass is 243 g/mol. The summed E-state index contributed by atoms with van der Waals surface area (Å²) in [6.07, 6.45) is 3.70. The van der Waals surface area contributed by atoms with Crippen molar-refractivity contribution in [2.24, 2.45) is 5.73 Å². The van der Waals surface area contributed by atoms with Crippen LogP contribution in [0, 0.1) is 5.82 Å². The summed E-state index contributed by atoms with van der Waals surface area (Å²) in [5.74, 6) is -1.16. The van der Waals surface area contributed by atoms with E-state index in [0.717, 1.165) is 19.0 Å². The Labute approximate surface area is 97.0 Å². The number of nitrogens with zero attached hydrogens (tertiary/aromatic N) is 2. The van der Waals surface area contributed by atoms with Crippen molar-refractivity contribution >= 4 is 17.5 Å². The Morgan fingerprint density at radius 1 is 1.50 bits per heavy atom. The van der Waals surface area contributed by atoms with Crippen molar-refractivity contribution < 1.29 is 9.18 Å². The van der Waals surface area contributed by atoms with Gasteiger partial charge in [-0.05, 0) is 24.4 Å². The SMILES string of the molecule is NC(=O)C1(c2nc(Cl)ncc2F)CCCC1. The summed E-state index contributed by atoms with van der Waals surface area (Å²) >= 11 is 5.62. The first-order valence-electron chi connectivity index (χ1n) is 5.05. The molecule has 2 rings (SSSR count). The van der Waals surface area contributed by atoms with Crippen molar-refractivity contribution in [1.82, 2.24) is 9.97 Å². The van der Waals surface area contributed by atoms with Gasteiger partial charge in [-0.1, -0.05) is 12.8 Å². The highest BCUT2D eigenvalue weighted by Gasteiger charge is 2.44. The van der Waals surface area contributed by atoms with E-state index in [4.69, 9.17) is 17.3 Å². The molecule has 0 saturated heterocycles. The third-order valence-electron chi connectivity index (χ3n) is 3.10. The summed E-state index contributed by atoms with van der Waals surface area (Å²) in [4.78, 5) is 18.9. The van der Waals surface area contributed by atoms with E-state index in [2.05, 4.69) is 9.97 Å². The zero-order chi connectivity index (χ0) is 11.8. The van der Waals surface area contributed by atoms with Crippen LogP contribution in [0.2, 0.25) is 5.28 Å². The maximum absolute atomic E-state index is 13.6. The molecular formula is C10H11ClFN3O. The van der Waals surface area contributed by atoms with Gasteiger partial charge in [-0.15, -0.1) is 0 Å². The van der Waals surface area contributed by atoms with E-state index in [1.54, 1.807) is 0 Å². The fourth-order valence-corrected chi connectivity index (χ4v) is 2.39. The molecule has 86 valence electrons. The summed E-state index contributed by atoms with van der Waals surface area (Å²) < 4.78 is 13.6. The molecule has 16 heavy (non-hydrogen) atoms. The Hall–Kier alpha value is -1.23. The van der Waals surface area contributed by atoms with Gasteiger partial charge in [0.2, 0.25) is 11.2 Å². The van der Waals surface area contributed by atoms with Gasteiger partial charge in [0.1, 0.15) is 0 Å². The molecule has 4 nitrogen and oxygen atoms in total. The van der Waals surface area contributed by atoms with Crippen LogP contribution in [-0.2, 0) is 10.2 Å². The van der Waals surface area contributed by atoms with Gasteiger partial charge >= 0.3 is 0 Å². The zero-order valence-corrected chi connectivity index (χ0v) is 9.30. The molecule has 0 bridgehead atoms. The van der Waals surface area contributed by atoms with Gasteiger partial charge in [-0.25, -0.2) is 14.4 Å². The van der Waals surface area contributed by atoms with Crippen LogP contribution in [0.25, 0.3) is 0 Å². The Morgan fingerprint density at radius 3 is 2.69 bits per heavy atom. The van der Waals surface area contributed by atoms with Gasteiger partial charge in [-0.2, -0.15) is 0 Å². The second-order valence-corrected chi connectivity index (χ2v) is 4.33. The Balaban J connectivity index is 2.55. The molecule has 0 spiro atoms. The molecule has 1 aromatic heterocycles. The molecule has 1 fully saturated rings. The smallest absolute Gasteiger partial charge is 0.229 e. The number of hydrogen-bond donors (Lipinski definition) is 1. The van der Waals surface area contributed by atoms with Gasteiger partial charge in [-0.3, -0.25) is 4.79 Å². The highest BCUT2D eigenvalue weighted by molar-refractivity contribution is 6.28. The first-order valence-corrected chi connectivity index (χ1v) is 5.42. The first kappa shape index (κ1) is 11.3. The van der Waals surface area contributed by atoms with E-state index in [-0.39, 0.29) is 11.0 Å². The van der Waals surface area contributed by atoms with E-state index in [0.29, 0.717) is 12.8 Å². The minimum Gasteiger partial charge on any atom is -0.369 e. The minimum atomic E-state index is -1.00. The highest BCUT2D eigenvalue weighted by Crippen LogP contribution is 2.41. The van der Waals surface area contributed by atoms with Crippen LogP contribution in [0.15, 0.2) is 6.20 Å². The van der Waals surface area contributed by atoms with E-state index in [1.165, 1.54) is 0 Å². The Kier molecular flexibility index (Phi) is 2.80. The van der Waals surface area contributed by atoms with Crippen molar-refractivity contribution in [3.63, 3.8) is 0 Å². The average molecular weight is 244 g/mol. The maximum atomic E-state index is 13.6. The van der Waals surface area contributed by atoms with Gasteiger partial charge < -0.3 is 5.73 Å². The lowest BCUT2D eigenvalue weighted by Gasteiger charge is -2.24. The van der Waals surface area contributed by atoms with Crippen molar-refractivity contribution in [1.29, 1.82) is 0 Å². The second kappa shape index (κ2) is 3.97. The molecule has 1 saturated carbocycles. The van der Waals surface area contributed by atoms with Gasteiger partial charge in [0.15, 0.2) is 5.82 Å². The first-order chi connectivity index (χ1) is 7.56. The fourth-order valence-electron chi connectivity index (χ4n) is 2.26. The maximum Gasteiger partial charge on any atom is 0.229 e. The van der Waals surface area contributed by atoms with Gasteiger partial charge in [0.05, 0.1) is 17.3 Å². The molecule has 2 N–H and O–H groups in total. The van der Waals surface area contributed by atoms with Crippen LogP contribution < -0.4 is 5.73 Å². The molecule has 6 heteroatoms. The average Bonchev–Trinajstić information content (AvgIpc) is 2.71. The van der Waals surface area contributed by atoms with Crippen molar-refractivity contribution in [2.45, 2.75) is 31.1 Å². The number of amides is 1. The van der Waals surface area contributed by atoms with Crippen LogP contribution in [-0.4, -0.2) is 15.9 Å². The lowest BCUT2D eigenvalue weighted by Crippen LogP contribution is -2.40. The number of carbonyl (C=O) groups excluding carboxylic acids is 1. The second-order valence-electron chi connectivity index (χ2n) is 3.99. The third kappa shape index (κ3) is 1.65. The predicted molar refractivity (Wildman–Crippen MR) is 56.3 cm³/mol. The number of carbonyl (C=O) groups is 1. The Morgan fingerprint density at radius 2 is 2.12 bits per heavy atom. The summed E-state index contributed by atoms with van der Waals surface area (Å²) in [5.41, 5.74) is 4.41. The van der Waals surface area contributed by atoms with Crippen molar-refractivity contribution in [3.05, 3.63) is 23.0 Å². The van der Waals surface area contributed by atoms with Crippen molar-refractivity contribution in [2.75, 3.05) is 0 Å². The lowest BCUT2D eigenvalue weighted by atomic mass is 9.81. The van der Waals surface area contributed by atoms with E-state index < -0.39 is 17.1 Å². The van der Waals surface area contributed by atoms with Crippen LogP contribution in [0.1, 0.15) is 31.4 Å². The molecule has 1 aromatic rings. The third-order valence-corrected chi connectivity index (χ3v) is 3.28. The van der Waals surface area contributed by atoms with Gasteiger partial charge in [0.25, 0.3) is 0 Å². The number of nitrogens with two attached hydrogens (primary N) is 1. The fraction of sp³-hybridized carbons (Fsp3) is 0.500. The van der Waals surface area contributed by atoms with E-state index in [9.17, 15) is 9.18 Å². The van der Waals surface area contributed by atoms with Gasteiger partial charge in [0, 0.05) is 0 Å². The number of hydrogen-bond acceptors (Lipinski definition) is 3. The molecule has 1 amide bonds. The van der Waals surface area contributed by atoms with E-state index >= 15 is 0 Å². The molecule has 0 aromatic carbocycles. The molecule has 0 unspecified atom stereocenters. The topological polar surface area (TPSA) is 68.9 Å². The number of rotatable bonds is 2.